The van der Waals surface area contributed by atoms with Crippen LogP contribution < -0.4 is 4.90 Å². The van der Waals surface area contributed by atoms with E-state index in [0.717, 1.165) is 30.9 Å². The highest BCUT2D eigenvalue weighted by Gasteiger charge is 2.31. The number of rotatable bonds is 1. The van der Waals surface area contributed by atoms with Crippen LogP contribution in [0.25, 0.3) is 0 Å². The lowest BCUT2D eigenvalue weighted by atomic mass is 10.1. The van der Waals surface area contributed by atoms with E-state index in [1.54, 1.807) is 4.90 Å². The summed E-state index contributed by atoms with van der Waals surface area (Å²) in [6, 6.07) is 2.34. The van der Waals surface area contributed by atoms with Gasteiger partial charge < -0.3 is 14.5 Å². The molecule has 0 radical (unpaired) electrons. The number of carbonyl (C=O) groups is 1. The van der Waals surface area contributed by atoms with Gasteiger partial charge in [-0.15, -0.1) is 0 Å². The Kier molecular flexibility index (Phi) is 3.92. The molecule has 1 atom stereocenters. The van der Waals surface area contributed by atoms with Crippen molar-refractivity contribution in [3.05, 3.63) is 11.9 Å². The Balaban J connectivity index is 1.74. The summed E-state index contributed by atoms with van der Waals surface area (Å²) in [7, 11) is 0. The van der Waals surface area contributed by atoms with Gasteiger partial charge in [0.2, 0.25) is 0 Å². The molecule has 2 aliphatic rings. The maximum Gasteiger partial charge on any atom is 0.410 e. The number of fused-ring (bicyclic) bond motifs is 1. The van der Waals surface area contributed by atoms with Crippen LogP contribution >= 0.6 is 0 Å². The number of aromatic nitrogens is 2. The van der Waals surface area contributed by atoms with Crippen molar-refractivity contribution in [2.75, 3.05) is 24.5 Å². The number of carbonyl (C=O) groups excluding carboxylic acids is 1. The zero-order chi connectivity index (χ0) is 16.6. The van der Waals surface area contributed by atoms with Gasteiger partial charge in [-0.2, -0.15) is 10.4 Å². The number of hydrogen-bond acceptors (Lipinski definition) is 5. The van der Waals surface area contributed by atoms with Crippen molar-refractivity contribution in [1.29, 1.82) is 5.26 Å². The quantitative estimate of drug-likeness (QED) is 0.792. The van der Waals surface area contributed by atoms with Crippen LogP contribution in [-0.4, -0.2) is 46.0 Å². The molecular formula is C16H23N5O2. The fraction of sp³-hybridized carbons (Fsp3) is 0.688. The van der Waals surface area contributed by atoms with E-state index in [2.05, 4.69) is 16.1 Å². The van der Waals surface area contributed by atoms with Crippen LogP contribution in [0.15, 0.2) is 6.20 Å². The zero-order valence-electron chi connectivity index (χ0n) is 13.9. The molecule has 1 aromatic rings. The van der Waals surface area contributed by atoms with Crippen molar-refractivity contribution in [1.82, 2.24) is 14.7 Å². The lowest BCUT2D eigenvalue weighted by Crippen LogP contribution is -2.42. The molecule has 0 aromatic carbocycles. The van der Waals surface area contributed by atoms with Gasteiger partial charge in [0.1, 0.15) is 5.60 Å². The molecule has 0 N–H and O–H groups in total. The summed E-state index contributed by atoms with van der Waals surface area (Å²) < 4.78 is 7.42. The van der Waals surface area contributed by atoms with E-state index in [9.17, 15) is 4.79 Å². The Bertz CT molecular complexity index is 640. The van der Waals surface area contributed by atoms with Gasteiger partial charge in [-0.3, -0.25) is 4.68 Å². The second kappa shape index (κ2) is 5.76. The van der Waals surface area contributed by atoms with Crippen LogP contribution in [0.1, 0.15) is 32.9 Å². The van der Waals surface area contributed by atoms with E-state index in [1.165, 1.54) is 0 Å². The van der Waals surface area contributed by atoms with Crippen LogP contribution in [-0.2, 0) is 17.8 Å². The fourth-order valence-corrected chi connectivity index (χ4v) is 3.06. The average molecular weight is 317 g/mol. The highest BCUT2D eigenvalue weighted by atomic mass is 16.6. The maximum absolute atomic E-state index is 12.3. The Morgan fingerprint density at radius 1 is 1.39 bits per heavy atom. The Hall–Kier alpha value is -2.23. The highest BCUT2D eigenvalue weighted by molar-refractivity contribution is 5.69. The number of anilines is 1. The molecule has 124 valence electrons. The van der Waals surface area contributed by atoms with E-state index in [4.69, 9.17) is 10.00 Å². The first kappa shape index (κ1) is 15.7. The topological polar surface area (TPSA) is 74.4 Å². The Morgan fingerprint density at radius 2 is 2.17 bits per heavy atom. The molecule has 0 spiro atoms. The zero-order valence-corrected chi connectivity index (χ0v) is 13.9. The molecule has 7 heteroatoms. The third-order valence-electron chi connectivity index (χ3n) is 4.21. The molecule has 1 saturated heterocycles. The van der Waals surface area contributed by atoms with Gasteiger partial charge in [-0.25, -0.2) is 4.79 Å². The summed E-state index contributed by atoms with van der Waals surface area (Å²) in [5, 5.41) is 13.5. The molecule has 1 aromatic heterocycles. The van der Waals surface area contributed by atoms with Crippen molar-refractivity contribution < 1.29 is 9.53 Å². The minimum atomic E-state index is -0.493. The smallest absolute Gasteiger partial charge is 0.410 e. The molecule has 0 saturated carbocycles. The minimum absolute atomic E-state index is 0.0797. The Labute approximate surface area is 136 Å². The molecule has 3 heterocycles. The van der Waals surface area contributed by atoms with E-state index < -0.39 is 5.60 Å². The number of amides is 1. The van der Waals surface area contributed by atoms with Gasteiger partial charge in [0.25, 0.3) is 0 Å². The fourth-order valence-electron chi connectivity index (χ4n) is 3.06. The lowest BCUT2D eigenvalue weighted by molar-refractivity contribution is 0.0195. The first-order chi connectivity index (χ1) is 10.9. The van der Waals surface area contributed by atoms with Gasteiger partial charge in [-0.1, -0.05) is 0 Å². The van der Waals surface area contributed by atoms with Gasteiger partial charge in [0.15, 0.2) is 0 Å². The highest BCUT2D eigenvalue weighted by Crippen LogP contribution is 2.29. The lowest BCUT2D eigenvalue weighted by Gasteiger charge is -2.31. The normalized spacial score (nSPS) is 21.0. The molecular weight excluding hydrogens is 294 g/mol. The summed E-state index contributed by atoms with van der Waals surface area (Å²) in [5.41, 5.74) is 1.57. The summed E-state index contributed by atoms with van der Waals surface area (Å²) >= 11 is 0. The van der Waals surface area contributed by atoms with Crippen molar-refractivity contribution in [3.63, 3.8) is 0 Å². The van der Waals surface area contributed by atoms with E-state index in [1.807, 2.05) is 31.6 Å². The largest absolute Gasteiger partial charge is 0.444 e. The van der Waals surface area contributed by atoms with Gasteiger partial charge in [-0.05, 0) is 27.2 Å². The summed E-state index contributed by atoms with van der Waals surface area (Å²) in [4.78, 5) is 16.2. The first-order valence-corrected chi connectivity index (χ1v) is 8.04. The molecule has 7 nitrogen and oxygen atoms in total. The van der Waals surface area contributed by atoms with Gasteiger partial charge in [0.05, 0.1) is 42.7 Å². The summed E-state index contributed by atoms with van der Waals surface area (Å²) in [6.45, 7) is 8.99. The number of ether oxygens (including phenoxy) is 1. The van der Waals surface area contributed by atoms with Crippen LogP contribution in [0.4, 0.5) is 10.5 Å². The average Bonchev–Trinajstić information content (AvgIpc) is 3.10. The second-order valence-corrected chi connectivity index (χ2v) is 7.16. The first-order valence-electron chi connectivity index (χ1n) is 8.04. The van der Waals surface area contributed by atoms with E-state index >= 15 is 0 Å². The molecule has 1 unspecified atom stereocenters. The van der Waals surface area contributed by atoms with Crippen LogP contribution in [0.5, 0.6) is 0 Å². The minimum Gasteiger partial charge on any atom is -0.444 e. The maximum atomic E-state index is 12.3. The van der Waals surface area contributed by atoms with Gasteiger partial charge >= 0.3 is 6.09 Å². The monoisotopic (exact) mass is 317 g/mol. The van der Waals surface area contributed by atoms with Crippen LogP contribution in [0.3, 0.4) is 0 Å². The third kappa shape index (κ3) is 3.26. The number of nitriles is 1. The van der Waals surface area contributed by atoms with E-state index in [0.29, 0.717) is 19.6 Å². The molecule has 1 fully saturated rings. The van der Waals surface area contributed by atoms with E-state index in [-0.39, 0.29) is 12.0 Å². The SMILES string of the molecule is CC(C)(C)OC(=O)N1CCn2ncc(N3CCC(C#N)C3)c2C1. The van der Waals surface area contributed by atoms with Crippen LogP contribution in [0, 0.1) is 17.2 Å². The number of nitrogens with zero attached hydrogens (tertiary/aromatic N) is 5. The van der Waals surface area contributed by atoms with Crippen LogP contribution in [0.2, 0.25) is 0 Å². The second-order valence-electron chi connectivity index (χ2n) is 7.16. The van der Waals surface area contributed by atoms with Crippen molar-refractivity contribution in [3.8, 4) is 6.07 Å². The predicted octanol–water partition coefficient (Wildman–Crippen LogP) is 1.98. The molecule has 0 bridgehead atoms. The number of hydrogen-bond donors (Lipinski definition) is 0. The van der Waals surface area contributed by atoms with Crippen molar-refractivity contribution in [2.24, 2.45) is 5.92 Å². The summed E-state index contributed by atoms with van der Waals surface area (Å²) in [6.07, 6.45) is 2.46. The molecule has 0 aliphatic carbocycles. The molecule has 2 aliphatic heterocycles. The predicted molar refractivity (Wildman–Crippen MR) is 84.8 cm³/mol. The van der Waals surface area contributed by atoms with Crippen molar-refractivity contribution in [2.45, 2.75) is 45.9 Å². The Morgan fingerprint density at radius 3 is 2.83 bits per heavy atom. The van der Waals surface area contributed by atoms with Gasteiger partial charge in [0, 0.05) is 19.6 Å². The molecule has 3 rings (SSSR count). The molecule has 1 amide bonds. The summed E-state index contributed by atoms with van der Waals surface area (Å²) in [5.74, 6) is 0.0797. The van der Waals surface area contributed by atoms with Crippen molar-refractivity contribution >= 4 is 11.8 Å². The third-order valence-corrected chi connectivity index (χ3v) is 4.21. The molecule has 23 heavy (non-hydrogen) atoms. The standard InChI is InChI=1S/C16H23N5O2/c1-16(2,3)23-15(22)20-6-7-21-14(11-20)13(9-18-21)19-5-4-12(8-17)10-19/h9,12H,4-7,10-11H2,1-3H3.